The smallest absolute Gasteiger partial charge is 0.269 e. The number of thiazole rings is 1. The lowest BCUT2D eigenvalue weighted by Gasteiger charge is -2.31. The molecular formula is C24H31N5O4S2. The van der Waals surface area contributed by atoms with Crippen molar-refractivity contribution in [1.82, 2.24) is 15.2 Å². The molecule has 0 radical (unpaired) electrons. The highest BCUT2D eigenvalue weighted by molar-refractivity contribution is 8.01. The Morgan fingerprint density at radius 2 is 2.14 bits per heavy atom. The van der Waals surface area contributed by atoms with Crippen molar-refractivity contribution in [3.8, 4) is 0 Å². The predicted molar refractivity (Wildman–Crippen MR) is 138 cm³/mol. The quantitative estimate of drug-likeness (QED) is 0.291. The molecule has 1 amide bonds. The number of hydrogen-bond donors (Lipinski definition) is 2. The second kappa shape index (κ2) is 11.0. The minimum atomic E-state index is -0.373. The van der Waals surface area contributed by atoms with Gasteiger partial charge in [-0.15, -0.1) is 11.8 Å². The van der Waals surface area contributed by atoms with Crippen LogP contribution in [0.15, 0.2) is 46.6 Å². The summed E-state index contributed by atoms with van der Waals surface area (Å²) in [7, 11) is 0. The van der Waals surface area contributed by atoms with Crippen molar-refractivity contribution in [1.29, 1.82) is 0 Å². The summed E-state index contributed by atoms with van der Waals surface area (Å²) in [5.74, 6) is 1.64. The Morgan fingerprint density at radius 3 is 2.83 bits per heavy atom. The van der Waals surface area contributed by atoms with Gasteiger partial charge in [-0.1, -0.05) is 44.2 Å². The van der Waals surface area contributed by atoms with E-state index in [0.717, 1.165) is 47.2 Å². The highest BCUT2D eigenvalue weighted by atomic mass is 32.2. The molecule has 1 fully saturated rings. The van der Waals surface area contributed by atoms with Gasteiger partial charge in [-0.05, 0) is 31.5 Å². The number of likely N-dealkylation sites (tertiary alicyclic amines) is 1. The van der Waals surface area contributed by atoms with Gasteiger partial charge < -0.3 is 15.4 Å². The molecule has 0 saturated carbocycles. The number of non-ortho nitro benzene ring substituents is 1. The summed E-state index contributed by atoms with van der Waals surface area (Å²) < 4.78 is 7.00. The van der Waals surface area contributed by atoms with E-state index in [0.29, 0.717) is 11.7 Å². The number of nitro groups is 1. The predicted octanol–water partition coefficient (Wildman–Crippen LogP) is 4.83. The van der Waals surface area contributed by atoms with Crippen molar-refractivity contribution >= 4 is 39.8 Å². The number of aromatic nitrogens is 1. The molecule has 1 saturated heterocycles. The van der Waals surface area contributed by atoms with Gasteiger partial charge in [0.15, 0.2) is 11.4 Å². The van der Waals surface area contributed by atoms with E-state index in [4.69, 9.17) is 4.74 Å². The second-order valence-electron chi connectivity index (χ2n) is 9.79. The Labute approximate surface area is 213 Å². The van der Waals surface area contributed by atoms with Crippen LogP contribution in [0.25, 0.3) is 0 Å². The van der Waals surface area contributed by atoms with Crippen LogP contribution in [0.3, 0.4) is 0 Å². The van der Waals surface area contributed by atoms with Gasteiger partial charge in [0.2, 0.25) is 5.91 Å². The largest absolute Gasteiger partial charge is 0.472 e. The number of rotatable bonds is 8. The fourth-order valence-electron chi connectivity index (χ4n) is 3.99. The lowest BCUT2D eigenvalue weighted by Crippen LogP contribution is -2.37. The number of anilines is 1. The molecular weight excluding hydrogens is 486 g/mol. The Bertz CT molecular complexity index is 1090. The number of hydrogen-bond acceptors (Lipinski definition) is 9. The molecule has 1 unspecified atom stereocenters. The van der Waals surface area contributed by atoms with Gasteiger partial charge >= 0.3 is 0 Å². The molecule has 11 heteroatoms. The molecule has 1 aromatic carbocycles. The number of ether oxygens (including phenoxy) is 1. The monoisotopic (exact) mass is 517 g/mol. The molecule has 3 heterocycles. The number of piperidine rings is 1. The number of carbonyl (C=O) groups excluding carboxylic acids is 1. The van der Waals surface area contributed by atoms with E-state index in [1.807, 2.05) is 12.3 Å². The van der Waals surface area contributed by atoms with E-state index in [9.17, 15) is 14.9 Å². The van der Waals surface area contributed by atoms with Gasteiger partial charge in [0.05, 0.1) is 21.1 Å². The summed E-state index contributed by atoms with van der Waals surface area (Å²) in [6.45, 7) is 8.56. The third-order valence-electron chi connectivity index (χ3n) is 5.99. The van der Waals surface area contributed by atoms with Crippen molar-refractivity contribution in [3.63, 3.8) is 0 Å². The number of allylic oxidation sites excluding steroid dienone is 1. The Kier molecular flexibility index (Phi) is 7.98. The van der Waals surface area contributed by atoms with Crippen LogP contribution in [-0.2, 0) is 16.1 Å². The number of nitrogens with one attached hydrogen (secondary N) is 2. The third-order valence-corrected chi connectivity index (χ3v) is 8.16. The van der Waals surface area contributed by atoms with Gasteiger partial charge in [0.25, 0.3) is 5.69 Å². The molecule has 4 rings (SSSR count). The second-order valence-corrected chi connectivity index (χ2v) is 12.1. The number of carbonyl (C=O) groups is 1. The van der Waals surface area contributed by atoms with E-state index in [2.05, 4.69) is 41.3 Å². The van der Waals surface area contributed by atoms with Crippen LogP contribution in [0.1, 0.15) is 39.2 Å². The number of thioether (sulfide) groups is 1. The summed E-state index contributed by atoms with van der Waals surface area (Å²) in [4.78, 5) is 30.0. The summed E-state index contributed by atoms with van der Waals surface area (Å²) >= 11 is 3.13. The zero-order valence-corrected chi connectivity index (χ0v) is 21.8. The molecule has 2 aliphatic rings. The van der Waals surface area contributed by atoms with Gasteiger partial charge in [0, 0.05) is 36.2 Å². The molecule has 0 aliphatic carbocycles. The van der Waals surface area contributed by atoms with Crippen molar-refractivity contribution in [2.45, 2.75) is 50.6 Å². The van der Waals surface area contributed by atoms with Gasteiger partial charge in [0.1, 0.15) is 5.76 Å². The van der Waals surface area contributed by atoms with E-state index in [-0.39, 0.29) is 34.1 Å². The zero-order chi connectivity index (χ0) is 25.0. The lowest BCUT2D eigenvalue weighted by atomic mass is 9.95. The van der Waals surface area contributed by atoms with E-state index < -0.39 is 0 Å². The number of amides is 1. The third kappa shape index (κ3) is 6.96. The average molecular weight is 518 g/mol. The SMILES string of the molecule is CC(C)(C)C1=CNC(CSc2cnc(NC(=O)C3CCN(Cc4cccc([N+](=O)[O-])c4)CC3)s2)O1. The first-order valence-corrected chi connectivity index (χ1v) is 13.5. The van der Waals surface area contributed by atoms with Crippen molar-refractivity contribution in [3.05, 3.63) is 58.1 Å². The molecule has 0 spiro atoms. The van der Waals surface area contributed by atoms with Crippen LogP contribution in [0, 0.1) is 21.4 Å². The summed E-state index contributed by atoms with van der Waals surface area (Å²) in [5, 5.41) is 17.8. The fourth-order valence-corrected chi connectivity index (χ4v) is 5.83. The fraction of sp³-hybridized carbons (Fsp3) is 0.500. The average Bonchev–Trinajstić information content (AvgIpc) is 3.48. The van der Waals surface area contributed by atoms with Crippen LogP contribution in [0.5, 0.6) is 0 Å². The molecule has 0 bridgehead atoms. The molecule has 1 aromatic heterocycles. The molecule has 2 N–H and O–H groups in total. The number of nitrogens with zero attached hydrogens (tertiary/aromatic N) is 3. The van der Waals surface area contributed by atoms with Crippen molar-refractivity contribution < 1.29 is 14.5 Å². The molecule has 9 nitrogen and oxygen atoms in total. The highest BCUT2D eigenvalue weighted by Gasteiger charge is 2.28. The maximum Gasteiger partial charge on any atom is 0.269 e. The first kappa shape index (κ1) is 25.5. The Balaban J connectivity index is 1.19. The van der Waals surface area contributed by atoms with Crippen molar-refractivity contribution in [2.75, 3.05) is 24.2 Å². The molecule has 2 aliphatic heterocycles. The molecule has 188 valence electrons. The molecule has 35 heavy (non-hydrogen) atoms. The standard InChI is InChI=1S/C24H31N5O4S2/c1-24(2,3)19-12-25-20(33-19)15-34-21-13-26-23(35-21)27-22(30)17-7-9-28(10-8-17)14-16-5-4-6-18(11-16)29(31)32/h4-6,11-13,17,20,25H,7-10,14-15H2,1-3H3,(H,26,27,30). The Hall–Kier alpha value is -2.63. The van der Waals surface area contributed by atoms with E-state index in [1.54, 1.807) is 30.1 Å². The minimum Gasteiger partial charge on any atom is -0.472 e. The molecule has 1 atom stereocenters. The van der Waals surface area contributed by atoms with Crippen LogP contribution >= 0.6 is 23.1 Å². The highest BCUT2D eigenvalue weighted by Crippen LogP contribution is 2.33. The van der Waals surface area contributed by atoms with Gasteiger partial charge in [-0.2, -0.15) is 0 Å². The minimum absolute atomic E-state index is 0.00529. The lowest BCUT2D eigenvalue weighted by molar-refractivity contribution is -0.384. The topological polar surface area (TPSA) is 110 Å². The zero-order valence-electron chi connectivity index (χ0n) is 20.2. The number of benzene rings is 1. The van der Waals surface area contributed by atoms with Crippen LogP contribution in [-0.4, -0.2) is 45.8 Å². The first-order valence-electron chi connectivity index (χ1n) is 11.7. The maximum atomic E-state index is 12.8. The van der Waals surface area contributed by atoms with Crippen LogP contribution in [0.4, 0.5) is 10.8 Å². The van der Waals surface area contributed by atoms with Crippen molar-refractivity contribution in [2.24, 2.45) is 11.3 Å². The van der Waals surface area contributed by atoms with Gasteiger partial charge in [-0.3, -0.25) is 19.8 Å². The Morgan fingerprint density at radius 1 is 1.37 bits per heavy atom. The van der Waals surface area contributed by atoms with Crippen LogP contribution < -0.4 is 10.6 Å². The van der Waals surface area contributed by atoms with Gasteiger partial charge in [-0.25, -0.2) is 4.98 Å². The van der Waals surface area contributed by atoms with Crippen LogP contribution in [0.2, 0.25) is 0 Å². The summed E-state index contributed by atoms with van der Waals surface area (Å²) in [5.41, 5.74) is 1.00. The number of nitro benzene ring substituents is 1. The van der Waals surface area contributed by atoms with E-state index in [1.165, 1.54) is 17.4 Å². The maximum absolute atomic E-state index is 12.8. The summed E-state index contributed by atoms with van der Waals surface area (Å²) in [6, 6.07) is 6.73. The summed E-state index contributed by atoms with van der Waals surface area (Å²) in [6.07, 6.45) is 5.17. The normalized spacial score (nSPS) is 19.1. The van der Waals surface area contributed by atoms with E-state index >= 15 is 0 Å². The first-order chi connectivity index (χ1) is 16.7. The molecule has 2 aromatic rings.